The first kappa shape index (κ1) is 8.72. The number of hydrogen-bond acceptors (Lipinski definition) is 6. The molecule has 0 aromatic carbocycles. The summed E-state index contributed by atoms with van der Waals surface area (Å²) in [4.78, 5) is 8.18. The summed E-state index contributed by atoms with van der Waals surface area (Å²) in [6.07, 6.45) is 1.55. The normalized spacial score (nSPS) is 11.0. The number of nitrogens with zero attached hydrogens (tertiary/aromatic N) is 4. The lowest BCUT2D eigenvalue weighted by atomic mass is 10.4. The first-order valence-electron chi connectivity index (χ1n) is 4.57. The summed E-state index contributed by atoms with van der Waals surface area (Å²) >= 11 is 0. The van der Waals surface area contributed by atoms with Crippen molar-refractivity contribution < 1.29 is 4.42 Å². The quantitative estimate of drug-likeness (QED) is 0.614. The van der Waals surface area contributed by atoms with Gasteiger partial charge in [-0.2, -0.15) is 14.5 Å². The summed E-state index contributed by atoms with van der Waals surface area (Å²) in [7, 11) is 0. The average Bonchev–Trinajstić information content (AvgIpc) is 2.82. The van der Waals surface area contributed by atoms with Crippen LogP contribution in [-0.4, -0.2) is 19.6 Å². The second-order valence-corrected chi connectivity index (χ2v) is 3.23. The molecular weight excluding hydrogens is 208 g/mol. The van der Waals surface area contributed by atoms with Crippen molar-refractivity contribution in [2.75, 3.05) is 11.5 Å². The third-order valence-corrected chi connectivity index (χ3v) is 2.10. The van der Waals surface area contributed by atoms with E-state index in [1.807, 2.05) is 0 Å². The van der Waals surface area contributed by atoms with Crippen LogP contribution >= 0.6 is 0 Å². The van der Waals surface area contributed by atoms with E-state index in [1.165, 1.54) is 10.6 Å². The standard InChI is InChI=1S/C9H8N6O/c10-6-4-7(11)15-9(12-6)13-8(14-15)5-2-1-3-16-5/h1-4H,11H2,(H2,10,12,13,14). The molecule has 0 atom stereocenters. The summed E-state index contributed by atoms with van der Waals surface area (Å²) in [5.41, 5.74) is 11.3. The molecule has 3 heterocycles. The molecule has 0 spiro atoms. The summed E-state index contributed by atoms with van der Waals surface area (Å²) in [5.74, 6) is 2.03. The van der Waals surface area contributed by atoms with Gasteiger partial charge in [-0.15, -0.1) is 5.10 Å². The fourth-order valence-electron chi connectivity index (χ4n) is 1.42. The maximum atomic E-state index is 5.73. The molecule has 7 heteroatoms. The molecule has 3 aromatic heterocycles. The Hall–Kier alpha value is -2.57. The molecular formula is C9H8N6O. The van der Waals surface area contributed by atoms with Crippen LogP contribution in [0.3, 0.4) is 0 Å². The molecule has 0 bridgehead atoms. The Morgan fingerprint density at radius 1 is 1.25 bits per heavy atom. The van der Waals surface area contributed by atoms with Crippen molar-refractivity contribution in [3.8, 4) is 11.6 Å². The molecule has 16 heavy (non-hydrogen) atoms. The van der Waals surface area contributed by atoms with E-state index in [2.05, 4.69) is 15.1 Å². The Morgan fingerprint density at radius 3 is 2.88 bits per heavy atom. The Morgan fingerprint density at radius 2 is 2.12 bits per heavy atom. The highest BCUT2D eigenvalue weighted by Gasteiger charge is 2.11. The van der Waals surface area contributed by atoms with E-state index in [0.717, 1.165) is 0 Å². The van der Waals surface area contributed by atoms with E-state index in [-0.39, 0.29) is 0 Å². The summed E-state index contributed by atoms with van der Waals surface area (Å²) in [6.45, 7) is 0. The van der Waals surface area contributed by atoms with E-state index < -0.39 is 0 Å². The van der Waals surface area contributed by atoms with Crippen LogP contribution in [0.4, 0.5) is 11.6 Å². The predicted octanol–water partition coefficient (Wildman–Crippen LogP) is 0.549. The summed E-state index contributed by atoms with van der Waals surface area (Å²) in [5, 5.41) is 4.16. The fraction of sp³-hybridized carbons (Fsp3) is 0. The lowest BCUT2D eigenvalue weighted by Crippen LogP contribution is -2.02. The first-order chi connectivity index (χ1) is 7.74. The first-order valence-corrected chi connectivity index (χ1v) is 4.57. The zero-order chi connectivity index (χ0) is 11.1. The number of furan rings is 1. The molecule has 0 saturated heterocycles. The number of nitrogen functional groups attached to an aromatic ring is 2. The minimum absolute atomic E-state index is 0.309. The van der Waals surface area contributed by atoms with Crippen LogP contribution in [-0.2, 0) is 0 Å². The lowest BCUT2D eigenvalue weighted by molar-refractivity contribution is 0.577. The number of anilines is 2. The number of rotatable bonds is 1. The fourth-order valence-corrected chi connectivity index (χ4v) is 1.42. The van der Waals surface area contributed by atoms with Gasteiger partial charge in [-0.05, 0) is 12.1 Å². The number of nitrogens with two attached hydrogens (primary N) is 2. The van der Waals surface area contributed by atoms with Crippen LogP contribution in [0.25, 0.3) is 17.4 Å². The van der Waals surface area contributed by atoms with E-state index in [4.69, 9.17) is 15.9 Å². The smallest absolute Gasteiger partial charge is 0.256 e. The van der Waals surface area contributed by atoms with Crippen LogP contribution < -0.4 is 11.5 Å². The Kier molecular flexibility index (Phi) is 1.61. The van der Waals surface area contributed by atoms with Gasteiger partial charge in [0.2, 0.25) is 5.82 Å². The maximum absolute atomic E-state index is 5.73. The molecule has 0 unspecified atom stereocenters. The number of fused-ring (bicyclic) bond motifs is 1. The third-order valence-electron chi connectivity index (χ3n) is 2.10. The van der Waals surface area contributed by atoms with Crippen molar-refractivity contribution in [1.29, 1.82) is 0 Å². The van der Waals surface area contributed by atoms with Crippen LogP contribution in [0.1, 0.15) is 0 Å². The molecule has 0 aliphatic carbocycles. The minimum atomic E-state index is 0.309. The van der Waals surface area contributed by atoms with Crippen LogP contribution in [0, 0.1) is 0 Å². The largest absolute Gasteiger partial charge is 0.461 e. The third kappa shape index (κ3) is 1.18. The van der Waals surface area contributed by atoms with Crippen LogP contribution in [0.5, 0.6) is 0 Å². The number of hydrogen-bond donors (Lipinski definition) is 2. The maximum Gasteiger partial charge on any atom is 0.256 e. The van der Waals surface area contributed by atoms with Gasteiger partial charge in [-0.3, -0.25) is 0 Å². The van der Waals surface area contributed by atoms with Gasteiger partial charge in [0.1, 0.15) is 11.6 Å². The van der Waals surface area contributed by atoms with Crippen molar-refractivity contribution in [3.63, 3.8) is 0 Å². The Balaban J connectivity index is 2.27. The van der Waals surface area contributed by atoms with Crippen LogP contribution in [0.2, 0.25) is 0 Å². The van der Waals surface area contributed by atoms with Crippen molar-refractivity contribution in [2.45, 2.75) is 0 Å². The lowest BCUT2D eigenvalue weighted by Gasteiger charge is -1.96. The molecule has 0 fully saturated rings. The predicted molar refractivity (Wildman–Crippen MR) is 57.3 cm³/mol. The van der Waals surface area contributed by atoms with E-state index >= 15 is 0 Å². The van der Waals surface area contributed by atoms with Crippen LogP contribution in [0.15, 0.2) is 28.9 Å². The summed E-state index contributed by atoms with van der Waals surface area (Å²) in [6, 6.07) is 5.04. The van der Waals surface area contributed by atoms with E-state index in [9.17, 15) is 0 Å². The zero-order valence-electron chi connectivity index (χ0n) is 8.16. The molecule has 3 rings (SSSR count). The molecule has 4 N–H and O–H groups in total. The van der Waals surface area contributed by atoms with Gasteiger partial charge < -0.3 is 15.9 Å². The van der Waals surface area contributed by atoms with Crippen molar-refractivity contribution in [2.24, 2.45) is 0 Å². The zero-order valence-corrected chi connectivity index (χ0v) is 8.16. The van der Waals surface area contributed by atoms with Gasteiger partial charge in [-0.1, -0.05) is 0 Å². The van der Waals surface area contributed by atoms with Gasteiger partial charge in [-0.25, -0.2) is 0 Å². The average molecular weight is 216 g/mol. The molecule has 7 nitrogen and oxygen atoms in total. The molecule has 0 aliphatic heterocycles. The van der Waals surface area contributed by atoms with Gasteiger partial charge in [0.05, 0.1) is 6.26 Å². The number of aromatic nitrogens is 4. The molecule has 0 aliphatic rings. The van der Waals surface area contributed by atoms with Crippen molar-refractivity contribution in [3.05, 3.63) is 24.5 Å². The minimum Gasteiger partial charge on any atom is -0.461 e. The molecule has 80 valence electrons. The van der Waals surface area contributed by atoms with Gasteiger partial charge in [0.15, 0.2) is 5.76 Å². The van der Waals surface area contributed by atoms with Crippen molar-refractivity contribution >= 4 is 17.4 Å². The van der Waals surface area contributed by atoms with Crippen molar-refractivity contribution in [1.82, 2.24) is 19.6 Å². The van der Waals surface area contributed by atoms with Gasteiger partial charge in [0.25, 0.3) is 5.78 Å². The second kappa shape index (κ2) is 2.96. The highest BCUT2D eigenvalue weighted by molar-refractivity contribution is 5.55. The molecule has 0 radical (unpaired) electrons. The molecule has 3 aromatic rings. The highest BCUT2D eigenvalue weighted by Crippen LogP contribution is 2.17. The second-order valence-electron chi connectivity index (χ2n) is 3.23. The van der Waals surface area contributed by atoms with Gasteiger partial charge in [0, 0.05) is 6.07 Å². The topological polar surface area (TPSA) is 108 Å². The Labute approximate surface area is 89.7 Å². The monoisotopic (exact) mass is 216 g/mol. The SMILES string of the molecule is Nc1cc(N)n2nc(-c3ccco3)nc2n1. The molecule has 0 saturated carbocycles. The molecule has 0 amide bonds. The highest BCUT2D eigenvalue weighted by atomic mass is 16.3. The van der Waals surface area contributed by atoms with Gasteiger partial charge >= 0.3 is 0 Å². The Bertz CT molecular complexity index is 641. The van der Waals surface area contributed by atoms with E-state index in [1.54, 1.807) is 18.4 Å². The van der Waals surface area contributed by atoms with E-state index in [0.29, 0.717) is 29.0 Å². The summed E-state index contributed by atoms with van der Waals surface area (Å²) < 4.78 is 6.59.